The van der Waals surface area contributed by atoms with Crippen LogP contribution >= 0.6 is 28.3 Å². The average molecular weight is 324 g/mol. The molecule has 1 aromatic rings. The van der Waals surface area contributed by atoms with Crippen molar-refractivity contribution in [2.75, 3.05) is 13.6 Å². The second kappa shape index (κ2) is 7.53. The van der Waals surface area contributed by atoms with Gasteiger partial charge < -0.3 is 15.7 Å². The second-order valence-electron chi connectivity index (χ2n) is 3.56. The van der Waals surface area contributed by atoms with Gasteiger partial charge in [-0.1, -0.05) is 15.9 Å². The first kappa shape index (κ1) is 16.2. The third kappa shape index (κ3) is 4.93. The zero-order valence-corrected chi connectivity index (χ0v) is 12.1. The lowest BCUT2D eigenvalue weighted by atomic mass is 10.2. The minimum atomic E-state index is -0.277. The fraction of sp³-hybridized carbons (Fsp3) is 0.364. The van der Waals surface area contributed by atoms with Crippen molar-refractivity contribution in [2.45, 2.75) is 13.0 Å². The highest BCUT2D eigenvalue weighted by atomic mass is 79.9. The molecule has 0 saturated heterocycles. The first-order valence-electron chi connectivity index (χ1n) is 4.98. The van der Waals surface area contributed by atoms with E-state index in [0.717, 1.165) is 4.47 Å². The molecule has 96 valence electrons. The van der Waals surface area contributed by atoms with E-state index in [1.165, 1.54) is 6.07 Å². The molecule has 0 aromatic heterocycles. The summed E-state index contributed by atoms with van der Waals surface area (Å²) in [6.45, 7) is 2.47. The van der Waals surface area contributed by atoms with Crippen molar-refractivity contribution in [3.8, 4) is 5.75 Å². The zero-order valence-electron chi connectivity index (χ0n) is 9.66. The maximum absolute atomic E-state index is 11.7. The van der Waals surface area contributed by atoms with Crippen LogP contribution in [0.4, 0.5) is 0 Å². The monoisotopic (exact) mass is 322 g/mol. The van der Waals surface area contributed by atoms with Crippen LogP contribution in [0.5, 0.6) is 5.75 Å². The largest absolute Gasteiger partial charge is 0.507 e. The molecule has 0 aliphatic rings. The standard InChI is InChI=1S/C11H15BrN2O2.ClH/c1-7(13-2)6-14-11(16)9-5-8(12)3-4-10(9)15;/h3-5,7,13,15H,6H2,1-2H3,(H,14,16);1H. The van der Waals surface area contributed by atoms with Gasteiger partial charge in [-0.25, -0.2) is 0 Å². The van der Waals surface area contributed by atoms with Crippen LogP contribution in [0.25, 0.3) is 0 Å². The van der Waals surface area contributed by atoms with Gasteiger partial charge in [0.25, 0.3) is 5.91 Å². The predicted octanol–water partition coefficient (Wildman–Crippen LogP) is 1.91. The number of halogens is 2. The van der Waals surface area contributed by atoms with E-state index in [0.29, 0.717) is 6.54 Å². The number of rotatable bonds is 4. The Hall–Kier alpha value is -0.780. The molecule has 1 aromatic carbocycles. The van der Waals surface area contributed by atoms with Gasteiger partial charge in [0.15, 0.2) is 0 Å². The maximum Gasteiger partial charge on any atom is 0.255 e. The third-order valence-electron chi connectivity index (χ3n) is 2.26. The van der Waals surface area contributed by atoms with Crippen molar-refractivity contribution in [1.82, 2.24) is 10.6 Å². The van der Waals surface area contributed by atoms with Crippen molar-refractivity contribution in [3.05, 3.63) is 28.2 Å². The van der Waals surface area contributed by atoms with Crippen molar-refractivity contribution in [2.24, 2.45) is 0 Å². The van der Waals surface area contributed by atoms with Gasteiger partial charge in [-0.15, -0.1) is 12.4 Å². The lowest BCUT2D eigenvalue weighted by Crippen LogP contribution is -2.37. The van der Waals surface area contributed by atoms with Crippen LogP contribution in [-0.4, -0.2) is 30.6 Å². The summed E-state index contributed by atoms with van der Waals surface area (Å²) in [5, 5.41) is 15.3. The quantitative estimate of drug-likeness (QED) is 0.793. The van der Waals surface area contributed by atoms with E-state index in [2.05, 4.69) is 26.6 Å². The molecule has 0 aliphatic heterocycles. The molecule has 0 spiro atoms. The van der Waals surface area contributed by atoms with Gasteiger partial charge in [-0.3, -0.25) is 4.79 Å². The van der Waals surface area contributed by atoms with Gasteiger partial charge in [0.05, 0.1) is 5.56 Å². The summed E-state index contributed by atoms with van der Waals surface area (Å²) < 4.78 is 0.761. The molecule has 17 heavy (non-hydrogen) atoms. The summed E-state index contributed by atoms with van der Waals surface area (Å²) >= 11 is 3.25. The predicted molar refractivity (Wildman–Crippen MR) is 73.9 cm³/mol. The number of amides is 1. The van der Waals surface area contributed by atoms with Crippen LogP contribution in [0.15, 0.2) is 22.7 Å². The SMILES string of the molecule is CNC(C)CNC(=O)c1cc(Br)ccc1O.Cl. The van der Waals surface area contributed by atoms with Crippen LogP contribution in [0.1, 0.15) is 17.3 Å². The lowest BCUT2D eigenvalue weighted by molar-refractivity contribution is 0.0948. The molecule has 6 heteroatoms. The van der Waals surface area contributed by atoms with Crippen LogP contribution < -0.4 is 10.6 Å². The van der Waals surface area contributed by atoms with Gasteiger partial charge in [0, 0.05) is 17.1 Å². The molecule has 1 rings (SSSR count). The van der Waals surface area contributed by atoms with E-state index in [1.54, 1.807) is 12.1 Å². The molecule has 3 N–H and O–H groups in total. The Morgan fingerprint density at radius 1 is 1.53 bits per heavy atom. The smallest absolute Gasteiger partial charge is 0.255 e. The molecule has 0 heterocycles. The highest BCUT2D eigenvalue weighted by molar-refractivity contribution is 9.10. The number of phenols is 1. The number of hydrogen-bond acceptors (Lipinski definition) is 3. The molecule has 1 unspecified atom stereocenters. The van der Waals surface area contributed by atoms with Gasteiger partial charge >= 0.3 is 0 Å². The minimum absolute atomic E-state index is 0. The van der Waals surface area contributed by atoms with Crippen LogP contribution in [-0.2, 0) is 0 Å². The zero-order chi connectivity index (χ0) is 12.1. The fourth-order valence-corrected chi connectivity index (χ4v) is 1.49. The number of hydrogen-bond donors (Lipinski definition) is 3. The van der Waals surface area contributed by atoms with Gasteiger partial charge in [-0.2, -0.15) is 0 Å². The lowest BCUT2D eigenvalue weighted by Gasteiger charge is -2.12. The molecule has 1 amide bonds. The van der Waals surface area contributed by atoms with E-state index < -0.39 is 0 Å². The Kier molecular flexibility index (Phi) is 7.18. The molecule has 4 nitrogen and oxygen atoms in total. The van der Waals surface area contributed by atoms with Gasteiger partial charge in [-0.05, 0) is 32.2 Å². The first-order valence-corrected chi connectivity index (χ1v) is 5.78. The number of likely N-dealkylation sites (N-methyl/N-ethyl adjacent to an activating group) is 1. The topological polar surface area (TPSA) is 61.4 Å². The molecular formula is C11H16BrClN2O2. The van der Waals surface area contributed by atoms with E-state index in [-0.39, 0.29) is 35.7 Å². The van der Waals surface area contributed by atoms with Gasteiger partial charge in [0.1, 0.15) is 5.75 Å². The van der Waals surface area contributed by atoms with E-state index in [4.69, 9.17) is 0 Å². The van der Waals surface area contributed by atoms with Gasteiger partial charge in [0.2, 0.25) is 0 Å². The first-order chi connectivity index (χ1) is 7.54. The Bertz CT molecular complexity index is 388. The van der Waals surface area contributed by atoms with Crippen LogP contribution in [0.3, 0.4) is 0 Å². The van der Waals surface area contributed by atoms with E-state index in [9.17, 15) is 9.90 Å². The summed E-state index contributed by atoms with van der Waals surface area (Å²) in [6.07, 6.45) is 0. The summed E-state index contributed by atoms with van der Waals surface area (Å²) in [5.74, 6) is -0.293. The van der Waals surface area contributed by atoms with Crippen molar-refractivity contribution in [1.29, 1.82) is 0 Å². The number of nitrogens with one attached hydrogen (secondary N) is 2. The van der Waals surface area contributed by atoms with E-state index in [1.807, 2.05) is 14.0 Å². The summed E-state index contributed by atoms with van der Waals surface area (Å²) in [7, 11) is 1.83. The summed E-state index contributed by atoms with van der Waals surface area (Å²) in [6, 6.07) is 4.95. The minimum Gasteiger partial charge on any atom is -0.507 e. The molecular weight excluding hydrogens is 307 g/mol. The number of carbonyl (C=O) groups is 1. The average Bonchev–Trinajstić information content (AvgIpc) is 2.28. The van der Waals surface area contributed by atoms with Crippen LogP contribution in [0, 0.1) is 0 Å². The summed E-state index contributed by atoms with van der Waals surface area (Å²) in [5.41, 5.74) is 0.276. The van der Waals surface area contributed by atoms with E-state index >= 15 is 0 Å². The normalized spacial score (nSPS) is 11.5. The molecule has 0 saturated carbocycles. The van der Waals surface area contributed by atoms with Crippen molar-refractivity contribution >= 4 is 34.2 Å². The van der Waals surface area contributed by atoms with Crippen LogP contribution in [0.2, 0.25) is 0 Å². The van der Waals surface area contributed by atoms with Crippen molar-refractivity contribution < 1.29 is 9.90 Å². The number of aromatic hydroxyl groups is 1. The Morgan fingerprint density at radius 3 is 2.76 bits per heavy atom. The highest BCUT2D eigenvalue weighted by Crippen LogP contribution is 2.21. The maximum atomic E-state index is 11.7. The Morgan fingerprint density at radius 2 is 2.18 bits per heavy atom. The number of carbonyl (C=O) groups excluding carboxylic acids is 1. The summed E-state index contributed by atoms with van der Waals surface area (Å²) in [4.78, 5) is 11.7. The molecule has 0 bridgehead atoms. The molecule has 0 fully saturated rings. The molecule has 0 aliphatic carbocycles. The third-order valence-corrected chi connectivity index (χ3v) is 2.76. The Labute approximate surface area is 115 Å². The van der Waals surface area contributed by atoms with Crippen molar-refractivity contribution in [3.63, 3.8) is 0 Å². The molecule has 0 radical (unpaired) electrons. The molecule has 1 atom stereocenters. The Balaban J connectivity index is 0.00000256. The highest BCUT2D eigenvalue weighted by Gasteiger charge is 2.11. The second-order valence-corrected chi connectivity index (χ2v) is 4.48. The fourth-order valence-electron chi connectivity index (χ4n) is 1.13. The number of benzene rings is 1. The number of phenolic OH excluding ortho intramolecular Hbond substituents is 1.